The molecule has 0 aromatic rings. The van der Waals surface area contributed by atoms with Crippen LogP contribution < -0.4 is 5.32 Å². The van der Waals surface area contributed by atoms with Gasteiger partial charge in [-0.15, -0.1) is 0 Å². The van der Waals surface area contributed by atoms with Crippen molar-refractivity contribution in [1.82, 2.24) is 5.32 Å². The van der Waals surface area contributed by atoms with Crippen LogP contribution in [0.25, 0.3) is 0 Å². The molecule has 0 spiro atoms. The minimum atomic E-state index is -0.440. The molecule has 0 saturated carbocycles. The molecule has 2 N–H and O–H groups in total. The molecule has 0 atom stereocenters. The summed E-state index contributed by atoms with van der Waals surface area (Å²) in [6, 6.07) is 0. The molecule has 0 heterocycles. The first-order valence-electron chi connectivity index (χ1n) is 2.58. The molecular formula is C5H9NO3. The van der Waals surface area contributed by atoms with E-state index in [4.69, 9.17) is 5.11 Å². The van der Waals surface area contributed by atoms with Crippen molar-refractivity contribution in [3.05, 3.63) is 0 Å². The van der Waals surface area contributed by atoms with Crippen LogP contribution in [0.15, 0.2) is 0 Å². The molecule has 0 bridgehead atoms. The summed E-state index contributed by atoms with van der Waals surface area (Å²) in [4.78, 5) is 20.5. The number of carbonyl (C=O) groups is 2. The molecule has 0 aromatic heterocycles. The Morgan fingerprint density at radius 3 is 2.44 bits per heavy atom. The third kappa shape index (κ3) is 4.96. The highest BCUT2D eigenvalue weighted by atomic mass is 16.3. The molecule has 52 valence electrons. The molecule has 0 aliphatic carbocycles. The lowest BCUT2D eigenvalue weighted by Crippen LogP contribution is -2.28. The Morgan fingerprint density at radius 1 is 1.56 bits per heavy atom. The lowest BCUT2D eigenvalue weighted by atomic mass is 10.4. The molecule has 4 heteroatoms. The zero-order valence-electron chi connectivity index (χ0n) is 5.18. The number of amides is 2. The number of rotatable bonds is 2. The van der Waals surface area contributed by atoms with E-state index in [2.05, 4.69) is 0 Å². The van der Waals surface area contributed by atoms with Crippen molar-refractivity contribution >= 4 is 11.8 Å². The summed E-state index contributed by atoms with van der Waals surface area (Å²) >= 11 is 0. The Labute approximate surface area is 52.9 Å². The van der Waals surface area contributed by atoms with E-state index in [0.29, 0.717) is 0 Å². The van der Waals surface area contributed by atoms with Gasteiger partial charge in [0.25, 0.3) is 0 Å². The van der Waals surface area contributed by atoms with Gasteiger partial charge in [-0.25, -0.2) is 0 Å². The van der Waals surface area contributed by atoms with Crippen LogP contribution in [0, 0.1) is 0 Å². The van der Waals surface area contributed by atoms with Gasteiger partial charge in [0.15, 0.2) is 0 Å². The molecule has 0 unspecified atom stereocenters. The normalized spacial score (nSPS) is 8.67. The van der Waals surface area contributed by atoms with Gasteiger partial charge >= 0.3 is 0 Å². The van der Waals surface area contributed by atoms with Crippen molar-refractivity contribution in [1.29, 1.82) is 0 Å². The average molecular weight is 131 g/mol. The van der Waals surface area contributed by atoms with Gasteiger partial charge in [-0.1, -0.05) is 0 Å². The van der Waals surface area contributed by atoms with Crippen molar-refractivity contribution in [2.24, 2.45) is 0 Å². The number of hydrogen-bond donors (Lipinski definition) is 2. The highest BCUT2D eigenvalue weighted by Crippen LogP contribution is 1.74. The lowest BCUT2D eigenvalue weighted by molar-refractivity contribution is -0.129. The third-order valence-corrected chi connectivity index (χ3v) is 0.654. The minimum Gasteiger partial charge on any atom is -0.396 e. The van der Waals surface area contributed by atoms with Crippen LogP contribution in [0.2, 0.25) is 0 Å². The summed E-state index contributed by atoms with van der Waals surface area (Å²) in [5, 5.41) is 10.2. The standard InChI is InChI=1S/C5H9NO3/c1-4(8)6-5(9)2-3-7/h7H,2-3H2,1H3,(H,6,8,9). The second kappa shape index (κ2) is 4.03. The Morgan fingerprint density at radius 2 is 2.11 bits per heavy atom. The number of aliphatic hydroxyl groups is 1. The molecule has 0 radical (unpaired) electrons. The van der Waals surface area contributed by atoms with E-state index in [1.54, 1.807) is 0 Å². The maximum Gasteiger partial charge on any atom is 0.228 e. The van der Waals surface area contributed by atoms with E-state index in [-0.39, 0.29) is 13.0 Å². The van der Waals surface area contributed by atoms with Crippen LogP contribution in [0.3, 0.4) is 0 Å². The SMILES string of the molecule is CC(=O)NC(=O)CCO. The van der Waals surface area contributed by atoms with Gasteiger partial charge < -0.3 is 5.11 Å². The predicted molar refractivity (Wildman–Crippen MR) is 30.5 cm³/mol. The first-order chi connectivity index (χ1) is 4.16. The minimum absolute atomic E-state index is 0.0143. The third-order valence-electron chi connectivity index (χ3n) is 0.654. The van der Waals surface area contributed by atoms with Gasteiger partial charge in [0.2, 0.25) is 11.8 Å². The molecular weight excluding hydrogens is 122 g/mol. The van der Waals surface area contributed by atoms with E-state index < -0.39 is 11.8 Å². The highest BCUT2D eigenvalue weighted by molar-refractivity contribution is 5.93. The van der Waals surface area contributed by atoms with E-state index in [0.717, 1.165) is 0 Å². The molecule has 0 saturated heterocycles. The molecule has 0 aromatic carbocycles. The fourth-order valence-corrected chi connectivity index (χ4v) is 0.360. The van der Waals surface area contributed by atoms with E-state index >= 15 is 0 Å². The summed E-state index contributed by atoms with van der Waals surface area (Å²) in [5.41, 5.74) is 0. The Bertz CT molecular complexity index is 121. The first-order valence-corrected chi connectivity index (χ1v) is 2.58. The molecule has 0 fully saturated rings. The zero-order valence-corrected chi connectivity index (χ0v) is 5.18. The zero-order chi connectivity index (χ0) is 7.28. The molecule has 4 nitrogen and oxygen atoms in total. The van der Waals surface area contributed by atoms with Crippen molar-refractivity contribution in [2.75, 3.05) is 6.61 Å². The molecule has 9 heavy (non-hydrogen) atoms. The van der Waals surface area contributed by atoms with Gasteiger partial charge in [0, 0.05) is 6.92 Å². The highest BCUT2D eigenvalue weighted by Gasteiger charge is 1.99. The van der Waals surface area contributed by atoms with Crippen LogP contribution in [0.5, 0.6) is 0 Å². The maximum absolute atomic E-state index is 10.4. The maximum atomic E-state index is 10.4. The van der Waals surface area contributed by atoms with Gasteiger partial charge in [-0.3, -0.25) is 14.9 Å². The van der Waals surface area contributed by atoms with Crippen LogP contribution in [-0.4, -0.2) is 23.5 Å². The molecule has 0 rings (SSSR count). The van der Waals surface area contributed by atoms with Crippen molar-refractivity contribution in [2.45, 2.75) is 13.3 Å². The second-order valence-corrected chi connectivity index (χ2v) is 1.58. The van der Waals surface area contributed by atoms with Gasteiger partial charge in [-0.05, 0) is 0 Å². The largest absolute Gasteiger partial charge is 0.396 e. The summed E-state index contributed by atoms with van der Waals surface area (Å²) in [7, 11) is 0. The number of aliphatic hydroxyl groups excluding tert-OH is 1. The summed E-state index contributed by atoms with van der Waals surface area (Å²) in [6.07, 6.45) is -0.0143. The second-order valence-electron chi connectivity index (χ2n) is 1.58. The van der Waals surface area contributed by atoms with E-state index in [1.165, 1.54) is 6.92 Å². The number of imide groups is 1. The van der Waals surface area contributed by atoms with E-state index in [1.807, 2.05) is 5.32 Å². The summed E-state index contributed by atoms with van der Waals surface area (Å²) in [5.74, 6) is -0.835. The number of hydrogen-bond acceptors (Lipinski definition) is 3. The molecule has 0 aliphatic rings. The lowest BCUT2D eigenvalue weighted by Gasteiger charge is -1.95. The molecule has 0 aliphatic heterocycles. The Balaban J connectivity index is 3.39. The van der Waals surface area contributed by atoms with Crippen LogP contribution in [0.1, 0.15) is 13.3 Å². The Hall–Kier alpha value is -0.900. The first kappa shape index (κ1) is 8.10. The fraction of sp³-hybridized carbons (Fsp3) is 0.600. The van der Waals surface area contributed by atoms with Crippen molar-refractivity contribution in [3.8, 4) is 0 Å². The summed E-state index contributed by atoms with van der Waals surface area (Å²) < 4.78 is 0. The predicted octanol–water partition coefficient (Wildman–Crippen LogP) is -0.968. The van der Waals surface area contributed by atoms with Gasteiger partial charge in [0.1, 0.15) is 0 Å². The molecule has 2 amide bonds. The smallest absolute Gasteiger partial charge is 0.228 e. The van der Waals surface area contributed by atoms with Crippen LogP contribution >= 0.6 is 0 Å². The average Bonchev–Trinajstić information content (AvgIpc) is 1.63. The van der Waals surface area contributed by atoms with Crippen molar-refractivity contribution < 1.29 is 14.7 Å². The number of nitrogens with one attached hydrogen (secondary N) is 1. The monoisotopic (exact) mass is 131 g/mol. The van der Waals surface area contributed by atoms with Crippen LogP contribution in [0.4, 0.5) is 0 Å². The number of carbonyl (C=O) groups excluding carboxylic acids is 2. The fourth-order valence-electron chi connectivity index (χ4n) is 0.360. The van der Waals surface area contributed by atoms with Crippen LogP contribution in [-0.2, 0) is 9.59 Å². The topological polar surface area (TPSA) is 66.4 Å². The van der Waals surface area contributed by atoms with Crippen molar-refractivity contribution in [3.63, 3.8) is 0 Å². The van der Waals surface area contributed by atoms with Gasteiger partial charge in [-0.2, -0.15) is 0 Å². The summed E-state index contributed by atoms with van der Waals surface area (Å²) in [6.45, 7) is 1.02. The Kier molecular flexibility index (Phi) is 3.62. The van der Waals surface area contributed by atoms with Gasteiger partial charge in [0.05, 0.1) is 13.0 Å². The quantitative estimate of drug-likeness (QED) is 0.506. The van der Waals surface area contributed by atoms with E-state index in [9.17, 15) is 9.59 Å².